The van der Waals surface area contributed by atoms with Crippen molar-refractivity contribution in [2.24, 2.45) is 0 Å². The predicted octanol–water partition coefficient (Wildman–Crippen LogP) is 1.99. The van der Waals surface area contributed by atoms with Gasteiger partial charge in [-0.05, 0) is 25.1 Å². The number of fused-ring (bicyclic) bond motifs is 1. The topological polar surface area (TPSA) is 32.3 Å². The van der Waals surface area contributed by atoms with E-state index in [2.05, 4.69) is 5.32 Å². The van der Waals surface area contributed by atoms with E-state index in [4.69, 9.17) is 0 Å². The molecule has 1 aromatic rings. The molecule has 1 aliphatic rings. The second kappa shape index (κ2) is 3.53. The van der Waals surface area contributed by atoms with Crippen molar-refractivity contribution < 1.29 is 9.18 Å². The molecule has 0 aromatic heterocycles. The van der Waals surface area contributed by atoms with Gasteiger partial charge < -0.3 is 10.2 Å². The molecule has 3 nitrogen and oxygen atoms in total. The Labute approximate surface area is 87.9 Å². The van der Waals surface area contributed by atoms with Gasteiger partial charge >= 0.3 is 0 Å². The van der Waals surface area contributed by atoms with Crippen LogP contribution in [0.5, 0.6) is 0 Å². The summed E-state index contributed by atoms with van der Waals surface area (Å²) in [6.07, 6.45) is 0. The maximum atomic E-state index is 13.0. The summed E-state index contributed by atoms with van der Waals surface area (Å²) in [6, 6.07) is 4.51. The first-order valence-corrected chi connectivity index (χ1v) is 4.93. The van der Waals surface area contributed by atoms with Gasteiger partial charge in [-0.15, -0.1) is 0 Å². The summed E-state index contributed by atoms with van der Waals surface area (Å²) in [5.41, 5.74) is 1.44. The van der Waals surface area contributed by atoms with E-state index in [0.29, 0.717) is 12.2 Å². The quantitative estimate of drug-likeness (QED) is 0.707. The van der Waals surface area contributed by atoms with Gasteiger partial charge in [0, 0.05) is 13.5 Å². The SMILES string of the molecule is CC(=O)N1c2ccc(F)cc2NCC1C. The van der Waals surface area contributed by atoms with Crippen molar-refractivity contribution in [1.82, 2.24) is 0 Å². The van der Waals surface area contributed by atoms with Gasteiger partial charge in [0.25, 0.3) is 0 Å². The van der Waals surface area contributed by atoms with Crippen LogP contribution in [-0.2, 0) is 4.79 Å². The van der Waals surface area contributed by atoms with Gasteiger partial charge in [0.2, 0.25) is 5.91 Å². The molecule has 1 amide bonds. The summed E-state index contributed by atoms with van der Waals surface area (Å²) in [4.78, 5) is 13.1. The van der Waals surface area contributed by atoms with E-state index in [1.807, 2.05) is 6.92 Å². The van der Waals surface area contributed by atoms with Gasteiger partial charge in [-0.2, -0.15) is 0 Å². The third-order valence-electron chi connectivity index (χ3n) is 2.59. The number of anilines is 2. The zero-order chi connectivity index (χ0) is 11.0. The van der Waals surface area contributed by atoms with Crippen LogP contribution in [0.15, 0.2) is 18.2 Å². The Morgan fingerprint density at radius 1 is 1.60 bits per heavy atom. The number of carbonyl (C=O) groups is 1. The van der Waals surface area contributed by atoms with Crippen molar-refractivity contribution in [3.63, 3.8) is 0 Å². The number of nitrogens with one attached hydrogen (secondary N) is 1. The van der Waals surface area contributed by atoms with Gasteiger partial charge in [0.15, 0.2) is 0 Å². The van der Waals surface area contributed by atoms with Crippen LogP contribution in [0.2, 0.25) is 0 Å². The minimum atomic E-state index is -0.292. The molecule has 0 aliphatic carbocycles. The highest BCUT2D eigenvalue weighted by molar-refractivity contribution is 5.96. The standard InChI is InChI=1S/C11H13FN2O/c1-7-6-13-10-5-9(12)3-4-11(10)14(7)8(2)15/h3-5,7,13H,6H2,1-2H3. The van der Waals surface area contributed by atoms with Crippen LogP contribution in [0.1, 0.15) is 13.8 Å². The molecule has 0 radical (unpaired) electrons. The molecule has 4 heteroatoms. The molecule has 0 fully saturated rings. The third-order valence-corrected chi connectivity index (χ3v) is 2.59. The average molecular weight is 208 g/mol. The van der Waals surface area contributed by atoms with E-state index >= 15 is 0 Å². The Bertz CT molecular complexity index is 406. The summed E-state index contributed by atoms with van der Waals surface area (Å²) < 4.78 is 13.0. The molecule has 0 bridgehead atoms. The lowest BCUT2D eigenvalue weighted by Gasteiger charge is -2.35. The molecule has 1 unspecified atom stereocenters. The predicted molar refractivity (Wildman–Crippen MR) is 57.5 cm³/mol. The van der Waals surface area contributed by atoms with Crippen molar-refractivity contribution in [3.8, 4) is 0 Å². The van der Waals surface area contributed by atoms with Crippen LogP contribution in [0, 0.1) is 5.82 Å². The van der Waals surface area contributed by atoms with Crippen LogP contribution >= 0.6 is 0 Å². The Morgan fingerprint density at radius 2 is 2.33 bits per heavy atom. The number of halogens is 1. The fraction of sp³-hybridized carbons (Fsp3) is 0.364. The first-order valence-electron chi connectivity index (χ1n) is 4.93. The molecule has 80 valence electrons. The molecule has 1 heterocycles. The van der Waals surface area contributed by atoms with Crippen LogP contribution in [0.3, 0.4) is 0 Å². The van der Waals surface area contributed by atoms with Gasteiger partial charge in [-0.25, -0.2) is 4.39 Å². The van der Waals surface area contributed by atoms with E-state index in [1.165, 1.54) is 19.1 Å². The van der Waals surface area contributed by atoms with Crippen LogP contribution in [-0.4, -0.2) is 18.5 Å². The molecule has 2 rings (SSSR count). The smallest absolute Gasteiger partial charge is 0.224 e. The second-order valence-electron chi connectivity index (χ2n) is 3.78. The minimum Gasteiger partial charge on any atom is -0.381 e. The largest absolute Gasteiger partial charge is 0.381 e. The van der Waals surface area contributed by atoms with E-state index in [9.17, 15) is 9.18 Å². The van der Waals surface area contributed by atoms with Crippen LogP contribution < -0.4 is 10.2 Å². The maximum absolute atomic E-state index is 13.0. The van der Waals surface area contributed by atoms with Crippen LogP contribution in [0.25, 0.3) is 0 Å². The highest BCUT2D eigenvalue weighted by atomic mass is 19.1. The lowest BCUT2D eigenvalue weighted by Crippen LogP contribution is -2.44. The summed E-state index contributed by atoms with van der Waals surface area (Å²) >= 11 is 0. The van der Waals surface area contributed by atoms with Crippen molar-refractivity contribution in [2.75, 3.05) is 16.8 Å². The summed E-state index contributed by atoms with van der Waals surface area (Å²) in [5.74, 6) is -0.309. The minimum absolute atomic E-state index is 0.0168. The van der Waals surface area contributed by atoms with Crippen molar-refractivity contribution >= 4 is 17.3 Å². The lowest BCUT2D eigenvalue weighted by atomic mass is 10.1. The number of benzene rings is 1. The highest BCUT2D eigenvalue weighted by Gasteiger charge is 2.25. The number of amides is 1. The van der Waals surface area contributed by atoms with Crippen molar-refractivity contribution in [2.45, 2.75) is 19.9 Å². The molecule has 15 heavy (non-hydrogen) atoms. The molecule has 1 atom stereocenters. The first-order chi connectivity index (χ1) is 7.09. The fourth-order valence-corrected chi connectivity index (χ4v) is 1.93. The normalized spacial score (nSPS) is 19.4. The molecular formula is C11H13FN2O. The number of carbonyl (C=O) groups excluding carboxylic acids is 1. The molecule has 0 saturated heterocycles. The number of rotatable bonds is 0. The van der Waals surface area contributed by atoms with Crippen molar-refractivity contribution in [1.29, 1.82) is 0 Å². The zero-order valence-corrected chi connectivity index (χ0v) is 8.75. The number of nitrogens with zero attached hydrogens (tertiary/aromatic N) is 1. The lowest BCUT2D eigenvalue weighted by molar-refractivity contribution is -0.116. The fourth-order valence-electron chi connectivity index (χ4n) is 1.93. The van der Waals surface area contributed by atoms with E-state index in [-0.39, 0.29) is 17.8 Å². The summed E-state index contributed by atoms with van der Waals surface area (Å²) in [6.45, 7) is 4.13. The molecule has 0 spiro atoms. The summed E-state index contributed by atoms with van der Waals surface area (Å²) in [7, 11) is 0. The maximum Gasteiger partial charge on any atom is 0.224 e. The highest BCUT2D eigenvalue weighted by Crippen LogP contribution is 2.31. The average Bonchev–Trinajstić information content (AvgIpc) is 2.17. The molecule has 1 aromatic carbocycles. The Kier molecular flexibility index (Phi) is 2.34. The number of hydrogen-bond acceptors (Lipinski definition) is 2. The molecule has 0 saturated carbocycles. The van der Waals surface area contributed by atoms with Crippen molar-refractivity contribution in [3.05, 3.63) is 24.0 Å². The van der Waals surface area contributed by atoms with E-state index < -0.39 is 0 Å². The molecule has 1 N–H and O–H groups in total. The monoisotopic (exact) mass is 208 g/mol. The van der Waals surface area contributed by atoms with Gasteiger partial charge in [-0.1, -0.05) is 0 Å². The van der Waals surface area contributed by atoms with Gasteiger partial charge in [0.05, 0.1) is 17.4 Å². The van der Waals surface area contributed by atoms with E-state index in [1.54, 1.807) is 11.0 Å². The van der Waals surface area contributed by atoms with Gasteiger partial charge in [-0.3, -0.25) is 4.79 Å². The van der Waals surface area contributed by atoms with E-state index in [0.717, 1.165) is 5.69 Å². The molecular weight excluding hydrogens is 195 g/mol. The Hall–Kier alpha value is -1.58. The Morgan fingerprint density at radius 3 is 3.00 bits per heavy atom. The summed E-state index contributed by atoms with van der Waals surface area (Å²) in [5, 5.41) is 3.10. The second-order valence-corrected chi connectivity index (χ2v) is 3.78. The number of hydrogen-bond donors (Lipinski definition) is 1. The third kappa shape index (κ3) is 1.67. The Balaban J connectivity index is 2.48. The van der Waals surface area contributed by atoms with Crippen LogP contribution in [0.4, 0.5) is 15.8 Å². The first kappa shape index (κ1) is 9.96. The van der Waals surface area contributed by atoms with Gasteiger partial charge in [0.1, 0.15) is 5.82 Å². The zero-order valence-electron chi connectivity index (χ0n) is 8.75. The molecule has 1 aliphatic heterocycles.